The first-order chi connectivity index (χ1) is 13.8. The Hall–Kier alpha value is -0.180. The summed E-state index contributed by atoms with van der Waals surface area (Å²) in [5, 5.41) is 0. The van der Waals surface area contributed by atoms with Crippen LogP contribution in [-0.4, -0.2) is 35.4 Å². The molecule has 1 saturated heterocycles. The highest BCUT2D eigenvalue weighted by molar-refractivity contribution is 7.99. The quantitative estimate of drug-likeness (QED) is 0.450. The van der Waals surface area contributed by atoms with Crippen molar-refractivity contribution in [2.75, 3.05) is 18.6 Å². The van der Waals surface area contributed by atoms with E-state index in [-0.39, 0.29) is 0 Å². The van der Waals surface area contributed by atoms with Crippen LogP contribution in [0.1, 0.15) is 91.9 Å². The van der Waals surface area contributed by atoms with Gasteiger partial charge in [-0.2, -0.15) is 11.8 Å². The van der Waals surface area contributed by atoms with Crippen LogP contribution in [0.2, 0.25) is 0 Å². The van der Waals surface area contributed by atoms with Crippen LogP contribution in [0.25, 0.3) is 0 Å². The van der Waals surface area contributed by atoms with Crippen LogP contribution >= 0.6 is 11.8 Å². The molecule has 4 aliphatic rings. The van der Waals surface area contributed by atoms with Crippen molar-refractivity contribution in [1.82, 2.24) is 4.90 Å². The number of fused-ring (bicyclic) bond motifs is 5. The lowest BCUT2D eigenvalue weighted by Crippen LogP contribution is -2.61. The average molecular weight is 420 g/mol. The van der Waals surface area contributed by atoms with Gasteiger partial charge in [-0.1, -0.05) is 27.7 Å². The SMILES string of the molecule is CCSCCCC(C)[C@H]1CC[C@H]2[C@@H]3CCC4N(C)C(=O)CC[C@]4(C)[C@H]3CC[C@]12C. The molecule has 0 N–H and O–H groups in total. The normalized spacial score (nSPS) is 45.5. The van der Waals surface area contributed by atoms with Gasteiger partial charge in [0.05, 0.1) is 0 Å². The van der Waals surface area contributed by atoms with Crippen LogP contribution in [0.4, 0.5) is 0 Å². The molecule has 0 aromatic rings. The highest BCUT2D eigenvalue weighted by atomic mass is 32.2. The summed E-state index contributed by atoms with van der Waals surface area (Å²) in [5.41, 5.74) is 0.950. The molecular formula is C26H45NOS. The molecule has 3 saturated carbocycles. The number of hydrogen-bond acceptors (Lipinski definition) is 2. The molecule has 3 aliphatic carbocycles. The summed E-state index contributed by atoms with van der Waals surface area (Å²) >= 11 is 2.11. The van der Waals surface area contributed by atoms with E-state index < -0.39 is 0 Å². The fraction of sp³-hybridized carbons (Fsp3) is 0.962. The van der Waals surface area contributed by atoms with E-state index in [9.17, 15) is 4.79 Å². The molecule has 0 bridgehead atoms. The maximum atomic E-state index is 12.4. The second kappa shape index (κ2) is 8.40. The minimum absolute atomic E-state index is 0.369. The maximum Gasteiger partial charge on any atom is 0.222 e. The van der Waals surface area contributed by atoms with Crippen molar-refractivity contribution >= 4 is 17.7 Å². The van der Waals surface area contributed by atoms with Crippen LogP contribution in [0.3, 0.4) is 0 Å². The van der Waals surface area contributed by atoms with Gasteiger partial charge in [-0.05, 0) is 110 Å². The topological polar surface area (TPSA) is 20.3 Å². The molecule has 1 amide bonds. The lowest BCUT2D eigenvalue weighted by atomic mass is 9.46. The smallest absolute Gasteiger partial charge is 0.222 e. The van der Waals surface area contributed by atoms with Crippen LogP contribution in [0.15, 0.2) is 0 Å². The predicted molar refractivity (Wildman–Crippen MR) is 125 cm³/mol. The lowest BCUT2D eigenvalue weighted by Gasteiger charge is -2.62. The van der Waals surface area contributed by atoms with E-state index in [1.807, 2.05) is 0 Å². The summed E-state index contributed by atoms with van der Waals surface area (Å²) in [6.45, 7) is 10.1. The van der Waals surface area contributed by atoms with Crippen LogP contribution in [-0.2, 0) is 4.79 Å². The van der Waals surface area contributed by atoms with Crippen molar-refractivity contribution in [3.63, 3.8) is 0 Å². The zero-order valence-electron chi connectivity index (χ0n) is 19.7. The molecule has 166 valence electrons. The Morgan fingerprint density at radius 2 is 1.83 bits per heavy atom. The van der Waals surface area contributed by atoms with Gasteiger partial charge in [-0.25, -0.2) is 0 Å². The highest BCUT2D eigenvalue weighted by Gasteiger charge is 2.61. The summed E-state index contributed by atoms with van der Waals surface area (Å²) in [7, 11) is 2.09. The van der Waals surface area contributed by atoms with Gasteiger partial charge >= 0.3 is 0 Å². The number of thioether (sulfide) groups is 1. The van der Waals surface area contributed by atoms with Gasteiger partial charge in [0.2, 0.25) is 5.91 Å². The molecule has 3 heteroatoms. The van der Waals surface area contributed by atoms with Gasteiger partial charge in [0, 0.05) is 19.5 Å². The monoisotopic (exact) mass is 419 g/mol. The Balaban J connectivity index is 1.47. The lowest BCUT2D eigenvalue weighted by molar-refractivity contribution is -0.158. The van der Waals surface area contributed by atoms with E-state index in [2.05, 4.69) is 51.4 Å². The maximum absolute atomic E-state index is 12.4. The number of piperidine rings is 1. The molecule has 0 radical (unpaired) electrons. The Kier molecular flexibility index (Phi) is 6.38. The highest BCUT2D eigenvalue weighted by Crippen LogP contribution is 2.67. The number of amides is 1. The standard InChI is InChI=1S/C26H45NOS/c1-6-29-17-7-8-18(2)20-10-11-21-19-9-12-23-26(4,16-14-24(28)27(23)5)22(19)13-15-25(20,21)3/h18-23H,6-17H2,1-5H3/t18?,19-,20+,21-,22-,23?,25+,26+/m0/s1. The first-order valence-electron chi connectivity index (χ1n) is 12.7. The fourth-order valence-electron chi connectivity index (χ4n) is 8.98. The average Bonchev–Trinajstić information content (AvgIpc) is 3.06. The van der Waals surface area contributed by atoms with Gasteiger partial charge in [0.25, 0.3) is 0 Å². The van der Waals surface area contributed by atoms with E-state index in [0.717, 1.165) is 42.4 Å². The molecule has 0 aromatic heterocycles. The van der Waals surface area contributed by atoms with Gasteiger partial charge < -0.3 is 4.90 Å². The molecule has 4 fully saturated rings. The van der Waals surface area contributed by atoms with Gasteiger partial charge in [0.1, 0.15) is 0 Å². The first-order valence-corrected chi connectivity index (χ1v) is 13.8. The molecular weight excluding hydrogens is 374 g/mol. The molecule has 8 atom stereocenters. The zero-order chi connectivity index (χ0) is 20.8. The number of nitrogens with zero attached hydrogens (tertiary/aromatic N) is 1. The van der Waals surface area contributed by atoms with E-state index in [0.29, 0.717) is 22.8 Å². The second-order valence-corrected chi connectivity index (χ2v) is 12.9. The number of carbonyl (C=O) groups is 1. The molecule has 1 aliphatic heterocycles. The Morgan fingerprint density at radius 1 is 1.07 bits per heavy atom. The number of likely N-dealkylation sites (tertiary alicyclic amines) is 1. The molecule has 1 heterocycles. The summed E-state index contributed by atoms with van der Waals surface area (Å²) in [6.07, 6.45) is 13.2. The fourth-order valence-corrected chi connectivity index (χ4v) is 9.64. The molecule has 0 aromatic carbocycles. The minimum Gasteiger partial charge on any atom is -0.342 e. The van der Waals surface area contributed by atoms with Gasteiger partial charge in [-0.15, -0.1) is 0 Å². The van der Waals surface area contributed by atoms with E-state index in [1.54, 1.807) is 0 Å². The molecule has 4 rings (SSSR count). The van der Waals surface area contributed by atoms with Gasteiger partial charge in [0.15, 0.2) is 0 Å². The third-order valence-corrected chi connectivity index (χ3v) is 11.5. The van der Waals surface area contributed by atoms with E-state index in [4.69, 9.17) is 0 Å². The summed E-state index contributed by atoms with van der Waals surface area (Å²) in [4.78, 5) is 14.5. The summed E-state index contributed by atoms with van der Waals surface area (Å²) in [5.74, 6) is 7.56. The Labute approximate surface area is 184 Å². The first kappa shape index (κ1) is 22.0. The van der Waals surface area contributed by atoms with Crippen LogP contribution < -0.4 is 0 Å². The van der Waals surface area contributed by atoms with Crippen molar-refractivity contribution in [3.8, 4) is 0 Å². The predicted octanol–water partition coefficient (Wildman–Crippen LogP) is 6.64. The number of hydrogen-bond donors (Lipinski definition) is 0. The molecule has 0 spiro atoms. The zero-order valence-corrected chi connectivity index (χ0v) is 20.5. The van der Waals surface area contributed by atoms with E-state index in [1.165, 1.54) is 62.9 Å². The van der Waals surface area contributed by atoms with Crippen LogP contribution in [0.5, 0.6) is 0 Å². The summed E-state index contributed by atoms with van der Waals surface area (Å²) in [6, 6.07) is 0.501. The number of carbonyl (C=O) groups excluding carboxylic acids is 1. The van der Waals surface area contributed by atoms with E-state index >= 15 is 0 Å². The van der Waals surface area contributed by atoms with Gasteiger partial charge in [-0.3, -0.25) is 4.79 Å². The third kappa shape index (κ3) is 3.60. The number of rotatable bonds is 6. The van der Waals surface area contributed by atoms with Crippen molar-refractivity contribution in [2.45, 2.75) is 97.9 Å². The minimum atomic E-state index is 0.369. The van der Waals surface area contributed by atoms with Crippen molar-refractivity contribution < 1.29 is 4.79 Å². The third-order valence-electron chi connectivity index (χ3n) is 10.5. The Morgan fingerprint density at radius 3 is 2.59 bits per heavy atom. The molecule has 2 nitrogen and oxygen atoms in total. The largest absolute Gasteiger partial charge is 0.342 e. The molecule has 2 unspecified atom stereocenters. The van der Waals surface area contributed by atoms with Crippen molar-refractivity contribution in [3.05, 3.63) is 0 Å². The molecule has 29 heavy (non-hydrogen) atoms. The summed E-state index contributed by atoms with van der Waals surface area (Å²) < 4.78 is 0. The van der Waals surface area contributed by atoms with Crippen molar-refractivity contribution in [2.24, 2.45) is 40.4 Å². The van der Waals surface area contributed by atoms with Crippen LogP contribution in [0, 0.1) is 40.4 Å². The van der Waals surface area contributed by atoms with Crippen molar-refractivity contribution in [1.29, 1.82) is 0 Å². The second-order valence-electron chi connectivity index (χ2n) is 11.5. The Bertz CT molecular complexity index is 608.